The predicted molar refractivity (Wildman–Crippen MR) is 81.3 cm³/mol. The standard InChI is InChI=1S/C13H13BrN4O3/c1-2-3-12-16-11(15)7-13(17-12)21-10-5-4-8(14)6-9(10)18(19)20/h4-7H,2-3H2,1H3,(H2,15,16,17). The van der Waals surface area contributed by atoms with E-state index in [9.17, 15) is 10.1 Å². The van der Waals surface area contributed by atoms with E-state index in [0.29, 0.717) is 16.7 Å². The Balaban J connectivity index is 2.36. The van der Waals surface area contributed by atoms with Crippen LogP contribution in [-0.2, 0) is 6.42 Å². The number of aryl methyl sites for hydroxylation is 1. The molecule has 110 valence electrons. The first-order valence-corrected chi connectivity index (χ1v) is 7.04. The van der Waals surface area contributed by atoms with E-state index in [1.54, 1.807) is 6.07 Å². The van der Waals surface area contributed by atoms with Crippen molar-refractivity contribution in [2.24, 2.45) is 0 Å². The van der Waals surface area contributed by atoms with E-state index in [1.165, 1.54) is 18.2 Å². The molecule has 2 aromatic rings. The Hall–Kier alpha value is -2.22. The highest BCUT2D eigenvalue weighted by Gasteiger charge is 2.17. The molecule has 2 rings (SSSR count). The van der Waals surface area contributed by atoms with Crippen LogP contribution in [0, 0.1) is 10.1 Å². The Morgan fingerprint density at radius 2 is 2.14 bits per heavy atom. The van der Waals surface area contributed by atoms with Crippen molar-refractivity contribution in [1.82, 2.24) is 9.97 Å². The summed E-state index contributed by atoms with van der Waals surface area (Å²) >= 11 is 3.19. The molecule has 8 heteroatoms. The average molecular weight is 353 g/mol. The lowest BCUT2D eigenvalue weighted by Crippen LogP contribution is -2.02. The van der Waals surface area contributed by atoms with Crippen molar-refractivity contribution >= 4 is 27.4 Å². The van der Waals surface area contributed by atoms with Gasteiger partial charge in [0.05, 0.1) is 4.92 Å². The van der Waals surface area contributed by atoms with Crippen LogP contribution in [0.3, 0.4) is 0 Å². The summed E-state index contributed by atoms with van der Waals surface area (Å²) in [5.41, 5.74) is 5.54. The molecule has 1 aromatic heterocycles. The van der Waals surface area contributed by atoms with Gasteiger partial charge in [-0.25, -0.2) is 4.98 Å². The molecule has 0 radical (unpaired) electrons. The van der Waals surface area contributed by atoms with Crippen LogP contribution in [0.5, 0.6) is 11.6 Å². The normalized spacial score (nSPS) is 10.4. The molecule has 2 N–H and O–H groups in total. The first-order valence-electron chi connectivity index (χ1n) is 6.25. The quantitative estimate of drug-likeness (QED) is 0.652. The van der Waals surface area contributed by atoms with Crippen molar-refractivity contribution in [3.8, 4) is 11.6 Å². The molecule has 7 nitrogen and oxygen atoms in total. The third-order valence-corrected chi connectivity index (χ3v) is 3.07. The second kappa shape index (κ2) is 6.49. The Morgan fingerprint density at radius 3 is 2.81 bits per heavy atom. The van der Waals surface area contributed by atoms with Crippen molar-refractivity contribution in [2.75, 3.05) is 5.73 Å². The van der Waals surface area contributed by atoms with Gasteiger partial charge in [-0.2, -0.15) is 4.98 Å². The first kappa shape index (κ1) is 15.2. The zero-order valence-electron chi connectivity index (χ0n) is 11.2. The molecule has 1 heterocycles. The maximum Gasteiger partial charge on any atom is 0.312 e. The maximum absolute atomic E-state index is 11.0. The molecule has 0 amide bonds. The van der Waals surface area contributed by atoms with Gasteiger partial charge >= 0.3 is 5.69 Å². The Labute approximate surface area is 129 Å². The number of nitro groups is 1. The molecular weight excluding hydrogens is 340 g/mol. The smallest absolute Gasteiger partial charge is 0.312 e. The lowest BCUT2D eigenvalue weighted by Gasteiger charge is -2.08. The number of anilines is 1. The molecule has 0 saturated heterocycles. The molecule has 0 saturated carbocycles. The SMILES string of the molecule is CCCc1nc(N)cc(Oc2ccc(Br)cc2[N+](=O)[O-])n1. The first-order chi connectivity index (χ1) is 9.99. The summed E-state index contributed by atoms with van der Waals surface area (Å²) in [5, 5.41) is 11.0. The summed E-state index contributed by atoms with van der Waals surface area (Å²) < 4.78 is 6.09. The minimum atomic E-state index is -0.516. The number of nitro benzene ring substituents is 1. The van der Waals surface area contributed by atoms with Crippen LogP contribution in [0.25, 0.3) is 0 Å². The van der Waals surface area contributed by atoms with E-state index in [2.05, 4.69) is 25.9 Å². The highest BCUT2D eigenvalue weighted by molar-refractivity contribution is 9.10. The second-order valence-electron chi connectivity index (χ2n) is 4.27. The molecule has 0 aliphatic carbocycles. The Morgan fingerprint density at radius 1 is 1.38 bits per heavy atom. The summed E-state index contributed by atoms with van der Waals surface area (Å²) in [7, 11) is 0. The van der Waals surface area contributed by atoms with Gasteiger partial charge in [0.2, 0.25) is 11.6 Å². The lowest BCUT2D eigenvalue weighted by atomic mass is 10.3. The number of nitrogens with zero attached hydrogens (tertiary/aromatic N) is 3. The number of ether oxygens (including phenoxy) is 1. The molecule has 0 spiro atoms. The van der Waals surface area contributed by atoms with Crippen LogP contribution in [0.1, 0.15) is 19.2 Å². The third kappa shape index (κ3) is 3.88. The van der Waals surface area contributed by atoms with Crippen LogP contribution < -0.4 is 10.5 Å². The van der Waals surface area contributed by atoms with Crippen LogP contribution in [0.4, 0.5) is 11.5 Å². The van der Waals surface area contributed by atoms with Gasteiger partial charge < -0.3 is 10.5 Å². The second-order valence-corrected chi connectivity index (χ2v) is 5.18. The minimum Gasteiger partial charge on any atom is -0.432 e. The number of aromatic nitrogens is 2. The fourth-order valence-corrected chi connectivity index (χ4v) is 2.06. The van der Waals surface area contributed by atoms with Gasteiger partial charge in [0.1, 0.15) is 11.6 Å². The van der Waals surface area contributed by atoms with Crippen LogP contribution in [-0.4, -0.2) is 14.9 Å². The fourth-order valence-electron chi connectivity index (χ4n) is 1.71. The van der Waals surface area contributed by atoms with E-state index < -0.39 is 4.92 Å². The number of nitrogen functional groups attached to an aromatic ring is 1. The van der Waals surface area contributed by atoms with Gasteiger partial charge in [-0.1, -0.05) is 22.9 Å². The maximum atomic E-state index is 11.0. The summed E-state index contributed by atoms with van der Waals surface area (Å²) in [6.07, 6.45) is 1.52. The molecule has 0 atom stereocenters. The van der Waals surface area contributed by atoms with Gasteiger partial charge in [0, 0.05) is 23.0 Å². The molecule has 0 aliphatic rings. The zero-order valence-corrected chi connectivity index (χ0v) is 12.8. The van der Waals surface area contributed by atoms with Crippen molar-refractivity contribution in [1.29, 1.82) is 0 Å². The summed E-state index contributed by atoms with van der Waals surface area (Å²) in [5.74, 6) is 1.11. The van der Waals surface area contributed by atoms with E-state index in [1.807, 2.05) is 6.92 Å². The molecular formula is C13H13BrN4O3. The zero-order chi connectivity index (χ0) is 15.4. The van der Waals surface area contributed by atoms with Crippen molar-refractivity contribution in [2.45, 2.75) is 19.8 Å². The summed E-state index contributed by atoms with van der Waals surface area (Å²) in [6.45, 7) is 1.99. The summed E-state index contributed by atoms with van der Waals surface area (Å²) in [6, 6.07) is 5.96. The molecule has 0 fully saturated rings. The molecule has 21 heavy (non-hydrogen) atoms. The number of benzene rings is 1. The highest BCUT2D eigenvalue weighted by Crippen LogP contribution is 2.33. The number of halogens is 1. The van der Waals surface area contributed by atoms with Crippen LogP contribution >= 0.6 is 15.9 Å². The number of hydrogen-bond acceptors (Lipinski definition) is 6. The highest BCUT2D eigenvalue weighted by atomic mass is 79.9. The van der Waals surface area contributed by atoms with E-state index >= 15 is 0 Å². The predicted octanol–water partition coefficient (Wildman–Crippen LogP) is 3.47. The minimum absolute atomic E-state index is 0.101. The van der Waals surface area contributed by atoms with E-state index in [-0.39, 0.29) is 23.1 Å². The van der Waals surface area contributed by atoms with Crippen molar-refractivity contribution in [3.05, 3.63) is 44.7 Å². The topological polar surface area (TPSA) is 104 Å². The molecule has 1 aromatic carbocycles. The number of rotatable bonds is 5. The number of nitrogens with two attached hydrogens (primary N) is 1. The van der Waals surface area contributed by atoms with Gasteiger partial charge in [-0.15, -0.1) is 0 Å². The average Bonchev–Trinajstić information content (AvgIpc) is 2.40. The van der Waals surface area contributed by atoms with E-state index in [0.717, 1.165) is 6.42 Å². The fraction of sp³-hybridized carbons (Fsp3) is 0.231. The van der Waals surface area contributed by atoms with Crippen molar-refractivity contribution in [3.63, 3.8) is 0 Å². The van der Waals surface area contributed by atoms with E-state index in [4.69, 9.17) is 10.5 Å². The van der Waals surface area contributed by atoms with Gasteiger partial charge in [0.25, 0.3) is 0 Å². The molecule has 0 bridgehead atoms. The third-order valence-electron chi connectivity index (χ3n) is 2.57. The van der Waals surface area contributed by atoms with Gasteiger partial charge in [-0.3, -0.25) is 10.1 Å². The van der Waals surface area contributed by atoms with Gasteiger partial charge in [-0.05, 0) is 18.6 Å². The largest absolute Gasteiger partial charge is 0.432 e. The summed E-state index contributed by atoms with van der Waals surface area (Å²) in [4.78, 5) is 18.8. The van der Waals surface area contributed by atoms with Crippen LogP contribution in [0.15, 0.2) is 28.7 Å². The lowest BCUT2D eigenvalue weighted by molar-refractivity contribution is -0.385. The Bertz CT molecular complexity index is 678. The van der Waals surface area contributed by atoms with Crippen LogP contribution in [0.2, 0.25) is 0 Å². The molecule has 0 unspecified atom stereocenters. The van der Waals surface area contributed by atoms with Crippen molar-refractivity contribution < 1.29 is 9.66 Å². The molecule has 0 aliphatic heterocycles. The monoisotopic (exact) mass is 352 g/mol. The number of hydrogen-bond donors (Lipinski definition) is 1. The van der Waals surface area contributed by atoms with Gasteiger partial charge in [0.15, 0.2) is 0 Å². The Kier molecular flexibility index (Phi) is 4.69.